The zero-order valence-electron chi connectivity index (χ0n) is 45.3. The van der Waals surface area contributed by atoms with Crippen molar-refractivity contribution in [2.45, 2.75) is 49.8 Å². The summed E-state index contributed by atoms with van der Waals surface area (Å²) < 4.78 is 126. The number of pyridine rings is 4. The Morgan fingerprint density at radius 2 is 0.655 bits per heavy atom. The highest BCUT2D eigenvalue weighted by atomic mass is 32.2. The second-order valence-corrected chi connectivity index (χ2v) is 21.3. The molecular formula is C61H54F6N10O5S2. The lowest BCUT2D eigenvalue weighted by Crippen LogP contribution is -2.12. The molecule has 6 aromatic heterocycles. The van der Waals surface area contributed by atoms with Crippen molar-refractivity contribution in [2.75, 3.05) is 0 Å². The standard InChI is InChI=1S/2C17H14F3N3O2S.2C12H10N2.C3H6O/c2*1-11-2-4-12(5-3-11)15-10-16(17(18,19)20)22-23(15)13-6-8-14(9-7-13)26(21,24)25;2*1(11-3-7-13-8-4-11)2-12-5-9-14-10-6-12;1-3(2)4/h2*2-10H,1H3,(H2,21,24,25);2*1-10H;1-2H3/b;;2*2-1+;. The fourth-order valence-corrected chi connectivity index (χ4v) is 8.16. The number of hydrogen-bond acceptors (Lipinski definition) is 11. The van der Waals surface area contributed by atoms with Crippen LogP contribution in [-0.2, 0) is 37.2 Å². The molecule has 0 radical (unpaired) electrons. The molecule has 0 fully saturated rings. The Balaban J connectivity index is 0.000000182. The van der Waals surface area contributed by atoms with Crippen LogP contribution in [0.1, 0.15) is 58.6 Å². The number of halogens is 6. The van der Waals surface area contributed by atoms with Gasteiger partial charge in [-0.2, -0.15) is 36.5 Å². The van der Waals surface area contributed by atoms with Gasteiger partial charge in [-0.15, -0.1) is 0 Å². The number of aryl methyl sites for hydroxylation is 2. The first-order valence-electron chi connectivity index (χ1n) is 24.9. The molecule has 4 N–H and O–H groups in total. The zero-order valence-corrected chi connectivity index (χ0v) is 46.9. The van der Waals surface area contributed by atoms with Crippen molar-refractivity contribution < 1.29 is 48.0 Å². The highest BCUT2D eigenvalue weighted by Crippen LogP contribution is 2.35. The van der Waals surface area contributed by atoms with Crippen LogP contribution in [0.15, 0.2) is 217 Å². The number of Topliss-reactive ketones (excluding diaryl/α,β-unsaturated/α-hetero) is 1. The number of alkyl halides is 6. The summed E-state index contributed by atoms with van der Waals surface area (Å²) in [4.78, 5) is 25.0. The van der Waals surface area contributed by atoms with Crippen molar-refractivity contribution in [1.82, 2.24) is 39.5 Å². The summed E-state index contributed by atoms with van der Waals surface area (Å²) in [5.74, 6) is 0.167. The van der Waals surface area contributed by atoms with Crippen LogP contribution in [0.25, 0.3) is 58.2 Å². The average Bonchev–Trinajstić information content (AvgIpc) is 3.61. The number of carbonyl (C=O) groups excluding carboxylic acids is 1. The number of carbonyl (C=O) groups is 1. The number of ketones is 1. The molecule has 0 unspecified atom stereocenters. The Morgan fingerprint density at radius 3 is 0.869 bits per heavy atom. The predicted molar refractivity (Wildman–Crippen MR) is 311 cm³/mol. The van der Waals surface area contributed by atoms with Gasteiger partial charge in [-0.3, -0.25) is 19.9 Å². The topological polar surface area (TPSA) is 225 Å². The number of benzene rings is 4. The minimum atomic E-state index is -4.61. The molecule has 6 heterocycles. The van der Waals surface area contributed by atoms with Gasteiger partial charge in [-0.05, 0) is 159 Å². The first kappa shape index (κ1) is 63.6. The Bertz CT molecular complexity index is 3660. The molecule has 0 saturated carbocycles. The Labute approximate surface area is 481 Å². The van der Waals surface area contributed by atoms with Gasteiger partial charge in [-0.25, -0.2) is 36.5 Å². The van der Waals surface area contributed by atoms with Gasteiger partial charge >= 0.3 is 12.4 Å². The van der Waals surface area contributed by atoms with Gasteiger partial charge in [0.15, 0.2) is 11.4 Å². The molecule has 0 atom stereocenters. The smallest absolute Gasteiger partial charge is 0.300 e. The van der Waals surface area contributed by atoms with Crippen LogP contribution in [0.3, 0.4) is 0 Å². The maximum absolute atomic E-state index is 13.1. The Morgan fingerprint density at radius 1 is 0.417 bits per heavy atom. The van der Waals surface area contributed by atoms with Gasteiger partial charge in [-0.1, -0.05) is 84.0 Å². The minimum Gasteiger partial charge on any atom is -0.300 e. The third-order valence-electron chi connectivity index (χ3n) is 11.3. The van der Waals surface area contributed by atoms with Crippen molar-refractivity contribution in [3.8, 4) is 33.9 Å². The summed E-state index contributed by atoms with van der Waals surface area (Å²) in [6, 6.07) is 41.9. The van der Waals surface area contributed by atoms with E-state index in [2.05, 4.69) is 54.4 Å². The van der Waals surface area contributed by atoms with Crippen LogP contribution in [-0.4, -0.2) is 62.1 Å². The molecule has 23 heteroatoms. The molecule has 0 saturated heterocycles. The maximum atomic E-state index is 13.1. The number of aromatic nitrogens is 8. The summed E-state index contributed by atoms with van der Waals surface area (Å²) in [5.41, 5.74) is 6.59. The molecular weight excluding hydrogens is 1130 g/mol. The average molecular weight is 1190 g/mol. The first-order chi connectivity index (χ1) is 39.7. The molecule has 84 heavy (non-hydrogen) atoms. The van der Waals surface area contributed by atoms with E-state index in [-0.39, 0.29) is 38.3 Å². The van der Waals surface area contributed by atoms with Crippen molar-refractivity contribution in [3.05, 3.63) is 252 Å². The SMILES string of the molecule is C(=C\c1ccncc1)/c1ccncc1.C(=C\c1ccncc1)/c1ccncc1.CC(C)=O.Cc1ccc(-c2cc(C(F)(F)F)nn2-c2ccc(S(N)(=O)=O)cc2)cc1.Cc1ccc(-c2cc(C(F)(F)F)nn2-c2ccc(S(N)(=O)=O)cc2)cc1. The van der Waals surface area contributed by atoms with E-state index in [1.165, 1.54) is 62.4 Å². The van der Waals surface area contributed by atoms with Gasteiger partial charge in [0.1, 0.15) is 5.78 Å². The summed E-state index contributed by atoms with van der Waals surface area (Å²) in [6.45, 7) is 6.79. The molecule has 15 nitrogen and oxygen atoms in total. The second-order valence-electron chi connectivity index (χ2n) is 18.2. The van der Waals surface area contributed by atoms with Crippen molar-refractivity contribution in [2.24, 2.45) is 10.3 Å². The molecule has 0 bridgehead atoms. The maximum Gasteiger partial charge on any atom is 0.435 e. The van der Waals surface area contributed by atoms with Gasteiger partial charge < -0.3 is 4.79 Å². The largest absolute Gasteiger partial charge is 0.435 e. The molecule has 10 rings (SSSR count). The van der Waals surface area contributed by atoms with Crippen LogP contribution in [0.5, 0.6) is 0 Å². The van der Waals surface area contributed by atoms with Crippen LogP contribution in [0.4, 0.5) is 26.3 Å². The Hall–Kier alpha value is -9.55. The number of rotatable bonds is 10. The van der Waals surface area contributed by atoms with E-state index >= 15 is 0 Å². The van der Waals surface area contributed by atoms with E-state index < -0.39 is 43.8 Å². The predicted octanol–water partition coefficient (Wildman–Crippen LogP) is 12.9. The quantitative estimate of drug-likeness (QED) is 0.122. The van der Waals surface area contributed by atoms with Crippen molar-refractivity contribution in [3.63, 3.8) is 0 Å². The van der Waals surface area contributed by atoms with Crippen LogP contribution >= 0.6 is 0 Å². The summed E-state index contributed by atoms with van der Waals surface area (Å²) in [5, 5.41) is 17.4. The molecule has 0 spiro atoms. The second kappa shape index (κ2) is 28.9. The van der Waals surface area contributed by atoms with Crippen LogP contribution in [0.2, 0.25) is 0 Å². The van der Waals surface area contributed by atoms with E-state index in [0.29, 0.717) is 11.1 Å². The van der Waals surface area contributed by atoms with Gasteiger partial charge in [0.25, 0.3) is 0 Å². The van der Waals surface area contributed by atoms with E-state index in [0.717, 1.165) is 54.9 Å². The number of hydrogen-bond donors (Lipinski definition) is 2. The fraction of sp³-hybridized carbons (Fsp3) is 0.0984. The molecule has 0 aliphatic rings. The highest BCUT2D eigenvalue weighted by Gasteiger charge is 2.36. The summed E-state index contributed by atoms with van der Waals surface area (Å²) >= 11 is 0. The third-order valence-corrected chi connectivity index (χ3v) is 13.1. The molecule has 0 amide bonds. The molecule has 0 aliphatic heterocycles. The van der Waals surface area contributed by atoms with E-state index in [1.807, 2.05) is 62.4 Å². The van der Waals surface area contributed by atoms with E-state index in [9.17, 15) is 48.0 Å². The lowest BCUT2D eigenvalue weighted by molar-refractivity contribution is -0.142. The number of sulfonamides is 2. The lowest BCUT2D eigenvalue weighted by atomic mass is 10.1. The number of nitrogens with two attached hydrogens (primary N) is 2. The molecule has 10 aromatic rings. The monoisotopic (exact) mass is 1180 g/mol. The molecule has 0 aliphatic carbocycles. The van der Waals surface area contributed by atoms with Gasteiger partial charge in [0.05, 0.1) is 32.6 Å². The third kappa shape index (κ3) is 19.9. The van der Waals surface area contributed by atoms with Crippen molar-refractivity contribution >= 4 is 50.1 Å². The van der Waals surface area contributed by atoms with Crippen LogP contribution in [0, 0.1) is 13.8 Å². The number of primary sulfonamides is 2. The lowest BCUT2D eigenvalue weighted by Gasteiger charge is -2.09. The molecule has 4 aromatic carbocycles. The minimum absolute atomic E-state index is 0.138. The van der Waals surface area contributed by atoms with Gasteiger partial charge in [0, 0.05) is 60.7 Å². The molecule has 432 valence electrons. The highest BCUT2D eigenvalue weighted by molar-refractivity contribution is 7.89. The first-order valence-corrected chi connectivity index (χ1v) is 28.0. The Kier molecular flexibility index (Phi) is 21.9. The van der Waals surface area contributed by atoms with Gasteiger partial charge in [0.2, 0.25) is 20.0 Å². The fourth-order valence-electron chi connectivity index (χ4n) is 7.13. The zero-order chi connectivity index (χ0) is 61.1. The summed E-state index contributed by atoms with van der Waals surface area (Å²) in [7, 11) is -7.79. The van der Waals surface area contributed by atoms with Crippen LogP contribution < -0.4 is 10.3 Å². The van der Waals surface area contributed by atoms with Crippen molar-refractivity contribution in [1.29, 1.82) is 0 Å². The summed E-state index contributed by atoms with van der Waals surface area (Å²) in [6.07, 6.45) is 13.3. The van der Waals surface area contributed by atoms with E-state index in [1.54, 1.807) is 98.1 Å². The normalized spacial score (nSPS) is 11.5. The number of nitrogens with zero attached hydrogens (tertiary/aromatic N) is 8. The van der Waals surface area contributed by atoms with E-state index in [4.69, 9.17) is 10.3 Å².